The van der Waals surface area contributed by atoms with Crippen molar-refractivity contribution in [2.45, 2.75) is 0 Å². The summed E-state index contributed by atoms with van der Waals surface area (Å²) in [5, 5.41) is 4.16. The predicted molar refractivity (Wildman–Crippen MR) is 73.4 cm³/mol. The van der Waals surface area contributed by atoms with E-state index in [4.69, 9.17) is 0 Å². The van der Waals surface area contributed by atoms with E-state index in [1.807, 2.05) is 30.3 Å². The van der Waals surface area contributed by atoms with Crippen LogP contribution in [0.15, 0.2) is 67.0 Å². The van der Waals surface area contributed by atoms with Crippen LogP contribution in [0.5, 0.6) is 0 Å². The van der Waals surface area contributed by atoms with Crippen LogP contribution in [0.25, 0.3) is 5.69 Å². The minimum atomic E-state index is -0.425. The average molecular weight is 266 g/mol. The Morgan fingerprint density at radius 1 is 1.00 bits per heavy atom. The second-order valence-corrected chi connectivity index (χ2v) is 4.35. The molecule has 1 aromatic heterocycles. The molecule has 0 atom stereocenters. The molecule has 0 saturated heterocycles. The fourth-order valence-electron chi connectivity index (χ4n) is 1.96. The number of ketones is 1. The highest BCUT2D eigenvalue weighted by Gasteiger charge is 2.12. The van der Waals surface area contributed by atoms with Gasteiger partial charge in [0.1, 0.15) is 5.82 Å². The molecule has 0 fully saturated rings. The van der Waals surface area contributed by atoms with E-state index in [1.54, 1.807) is 16.9 Å². The van der Waals surface area contributed by atoms with Gasteiger partial charge in [-0.3, -0.25) is 4.79 Å². The van der Waals surface area contributed by atoms with Gasteiger partial charge in [0.15, 0.2) is 5.78 Å². The first-order valence-corrected chi connectivity index (χ1v) is 6.14. The third-order valence-electron chi connectivity index (χ3n) is 2.95. The Morgan fingerprint density at radius 3 is 2.55 bits per heavy atom. The van der Waals surface area contributed by atoms with Gasteiger partial charge in [0, 0.05) is 11.8 Å². The monoisotopic (exact) mass is 266 g/mol. The summed E-state index contributed by atoms with van der Waals surface area (Å²) in [6, 6.07) is 15.1. The summed E-state index contributed by atoms with van der Waals surface area (Å²) < 4.78 is 14.8. The number of aromatic nitrogens is 2. The molecule has 20 heavy (non-hydrogen) atoms. The van der Waals surface area contributed by atoms with Gasteiger partial charge in [-0.15, -0.1) is 0 Å². The maximum absolute atomic E-state index is 13.1. The van der Waals surface area contributed by atoms with Crippen LogP contribution in [-0.4, -0.2) is 15.6 Å². The minimum Gasteiger partial charge on any atom is -0.288 e. The van der Waals surface area contributed by atoms with Crippen molar-refractivity contribution in [1.82, 2.24) is 9.78 Å². The van der Waals surface area contributed by atoms with E-state index in [0.717, 1.165) is 5.69 Å². The van der Waals surface area contributed by atoms with Crippen molar-refractivity contribution < 1.29 is 9.18 Å². The number of carbonyl (C=O) groups excluding carboxylic acids is 1. The van der Waals surface area contributed by atoms with Crippen molar-refractivity contribution in [3.63, 3.8) is 0 Å². The first-order chi connectivity index (χ1) is 9.74. The second-order valence-electron chi connectivity index (χ2n) is 4.35. The summed E-state index contributed by atoms with van der Waals surface area (Å²) in [4.78, 5) is 12.2. The van der Waals surface area contributed by atoms with E-state index >= 15 is 0 Å². The van der Waals surface area contributed by atoms with E-state index in [1.165, 1.54) is 24.4 Å². The lowest BCUT2D eigenvalue weighted by molar-refractivity contribution is 0.103. The van der Waals surface area contributed by atoms with Crippen molar-refractivity contribution in [2.24, 2.45) is 0 Å². The SMILES string of the molecule is O=C(c1cccc(F)c1)c1cnn(-c2ccccc2)c1. The molecule has 0 unspecified atom stereocenters. The maximum atomic E-state index is 13.1. The minimum absolute atomic E-state index is 0.244. The lowest BCUT2D eigenvalue weighted by Crippen LogP contribution is -2.00. The highest BCUT2D eigenvalue weighted by atomic mass is 19.1. The number of benzene rings is 2. The topological polar surface area (TPSA) is 34.9 Å². The number of para-hydroxylation sites is 1. The summed E-state index contributed by atoms with van der Waals surface area (Å²) in [7, 11) is 0. The first kappa shape index (κ1) is 12.3. The largest absolute Gasteiger partial charge is 0.288 e. The van der Waals surface area contributed by atoms with E-state index in [2.05, 4.69) is 5.10 Å². The van der Waals surface area contributed by atoms with E-state index in [0.29, 0.717) is 11.1 Å². The highest BCUT2D eigenvalue weighted by Crippen LogP contribution is 2.13. The number of rotatable bonds is 3. The molecular formula is C16H11FN2O. The Kier molecular flexibility index (Phi) is 3.13. The van der Waals surface area contributed by atoms with Gasteiger partial charge >= 0.3 is 0 Å². The molecule has 0 N–H and O–H groups in total. The van der Waals surface area contributed by atoms with Crippen molar-refractivity contribution in [3.05, 3.63) is 83.9 Å². The molecule has 0 bridgehead atoms. The zero-order valence-corrected chi connectivity index (χ0v) is 10.5. The highest BCUT2D eigenvalue weighted by molar-refractivity contribution is 6.08. The normalized spacial score (nSPS) is 10.4. The van der Waals surface area contributed by atoms with Crippen LogP contribution in [0.1, 0.15) is 15.9 Å². The van der Waals surface area contributed by atoms with Gasteiger partial charge in [0.25, 0.3) is 0 Å². The number of hydrogen-bond donors (Lipinski definition) is 0. The lowest BCUT2D eigenvalue weighted by atomic mass is 10.1. The molecule has 0 aliphatic carbocycles. The molecule has 1 heterocycles. The Bertz CT molecular complexity index is 750. The van der Waals surface area contributed by atoms with Crippen LogP contribution in [0.2, 0.25) is 0 Å². The Labute approximate surface area is 115 Å². The molecule has 0 saturated carbocycles. The Morgan fingerprint density at radius 2 is 1.80 bits per heavy atom. The molecule has 0 aliphatic rings. The van der Waals surface area contributed by atoms with Crippen LogP contribution < -0.4 is 0 Å². The standard InChI is InChI=1S/C16H11FN2O/c17-14-6-4-5-12(9-14)16(20)13-10-18-19(11-13)15-7-2-1-3-8-15/h1-11H. The van der Waals surface area contributed by atoms with Gasteiger partial charge in [-0.25, -0.2) is 9.07 Å². The van der Waals surface area contributed by atoms with Gasteiger partial charge in [-0.1, -0.05) is 30.3 Å². The molecule has 3 rings (SSSR count). The van der Waals surface area contributed by atoms with Crippen molar-refractivity contribution >= 4 is 5.78 Å². The van der Waals surface area contributed by atoms with E-state index in [-0.39, 0.29) is 5.78 Å². The van der Waals surface area contributed by atoms with Gasteiger partial charge in [0.2, 0.25) is 0 Å². The van der Waals surface area contributed by atoms with E-state index < -0.39 is 5.82 Å². The predicted octanol–water partition coefficient (Wildman–Crippen LogP) is 3.24. The molecule has 3 aromatic rings. The van der Waals surface area contributed by atoms with Gasteiger partial charge in [-0.2, -0.15) is 5.10 Å². The zero-order chi connectivity index (χ0) is 13.9. The first-order valence-electron chi connectivity index (χ1n) is 6.14. The molecule has 3 nitrogen and oxygen atoms in total. The molecule has 0 radical (unpaired) electrons. The van der Waals surface area contributed by atoms with Gasteiger partial charge in [-0.05, 0) is 24.3 Å². The molecule has 98 valence electrons. The quantitative estimate of drug-likeness (QED) is 0.682. The van der Waals surface area contributed by atoms with Crippen molar-refractivity contribution in [3.8, 4) is 5.69 Å². The summed E-state index contributed by atoms with van der Waals surface area (Å²) in [6.07, 6.45) is 3.13. The van der Waals surface area contributed by atoms with Crippen LogP contribution in [-0.2, 0) is 0 Å². The van der Waals surface area contributed by atoms with Crippen molar-refractivity contribution in [2.75, 3.05) is 0 Å². The van der Waals surface area contributed by atoms with Crippen LogP contribution in [0, 0.1) is 5.82 Å². The zero-order valence-electron chi connectivity index (χ0n) is 10.5. The summed E-state index contributed by atoms with van der Waals surface area (Å²) in [6.45, 7) is 0. The molecule has 0 amide bonds. The number of halogens is 1. The van der Waals surface area contributed by atoms with E-state index in [9.17, 15) is 9.18 Å². The van der Waals surface area contributed by atoms with Crippen LogP contribution in [0.3, 0.4) is 0 Å². The molecule has 4 heteroatoms. The third kappa shape index (κ3) is 2.36. The summed E-state index contributed by atoms with van der Waals surface area (Å²) >= 11 is 0. The van der Waals surface area contributed by atoms with Crippen LogP contribution in [0.4, 0.5) is 4.39 Å². The number of hydrogen-bond acceptors (Lipinski definition) is 2. The smallest absolute Gasteiger partial charge is 0.196 e. The molecule has 2 aromatic carbocycles. The fraction of sp³-hybridized carbons (Fsp3) is 0. The second kappa shape index (κ2) is 5.09. The molecule has 0 aliphatic heterocycles. The third-order valence-corrected chi connectivity index (χ3v) is 2.95. The lowest BCUT2D eigenvalue weighted by Gasteiger charge is -1.99. The summed E-state index contributed by atoms with van der Waals surface area (Å²) in [5.74, 6) is -0.669. The van der Waals surface area contributed by atoms with Crippen LogP contribution >= 0.6 is 0 Å². The fourth-order valence-corrected chi connectivity index (χ4v) is 1.96. The molecular weight excluding hydrogens is 255 g/mol. The Balaban J connectivity index is 1.93. The van der Waals surface area contributed by atoms with Gasteiger partial charge < -0.3 is 0 Å². The van der Waals surface area contributed by atoms with Crippen molar-refractivity contribution in [1.29, 1.82) is 0 Å². The maximum Gasteiger partial charge on any atom is 0.196 e. The number of carbonyl (C=O) groups is 1. The summed E-state index contributed by atoms with van der Waals surface area (Å²) in [5.41, 5.74) is 1.61. The number of nitrogens with zero attached hydrogens (tertiary/aromatic N) is 2. The molecule has 0 spiro atoms. The Hall–Kier alpha value is -2.75. The van der Waals surface area contributed by atoms with Gasteiger partial charge in [0.05, 0.1) is 17.4 Å². The average Bonchev–Trinajstić information content (AvgIpc) is 2.97.